The summed E-state index contributed by atoms with van der Waals surface area (Å²) in [5, 5.41) is 2.90. The van der Waals surface area contributed by atoms with Crippen molar-refractivity contribution in [3.63, 3.8) is 0 Å². The second-order valence-electron chi connectivity index (χ2n) is 6.76. The first-order valence-electron chi connectivity index (χ1n) is 9.49. The maximum atomic E-state index is 12.6. The second kappa shape index (κ2) is 8.59. The highest BCUT2D eigenvalue weighted by molar-refractivity contribution is 5.92. The average molecular weight is 390 g/mol. The first kappa shape index (κ1) is 18.7. The van der Waals surface area contributed by atoms with Gasteiger partial charge in [0.2, 0.25) is 11.9 Å². The highest BCUT2D eigenvalue weighted by atomic mass is 16.1. The van der Waals surface area contributed by atoms with E-state index >= 15 is 0 Å². The molecule has 0 saturated carbocycles. The van der Waals surface area contributed by atoms with Crippen LogP contribution in [0.15, 0.2) is 49.1 Å². The summed E-state index contributed by atoms with van der Waals surface area (Å²) in [6.07, 6.45) is 6.90. The Kier molecular flexibility index (Phi) is 5.55. The summed E-state index contributed by atoms with van der Waals surface area (Å²) >= 11 is 0. The van der Waals surface area contributed by atoms with Crippen molar-refractivity contribution in [3.05, 3.63) is 66.0 Å². The van der Waals surface area contributed by atoms with Gasteiger partial charge in [0.25, 0.3) is 5.91 Å². The molecule has 3 aromatic heterocycles. The number of carbonyl (C=O) groups excluding carboxylic acids is 1. The molecule has 148 valence electrons. The molecule has 1 aliphatic rings. The Morgan fingerprint density at radius 2 is 1.62 bits per heavy atom. The molecule has 0 radical (unpaired) electrons. The second-order valence-corrected chi connectivity index (χ2v) is 6.76. The molecule has 1 aliphatic heterocycles. The van der Waals surface area contributed by atoms with Gasteiger partial charge in [-0.3, -0.25) is 9.78 Å². The van der Waals surface area contributed by atoms with Crippen molar-refractivity contribution >= 4 is 17.8 Å². The van der Waals surface area contributed by atoms with E-state index in [4.69, 9.17) is 0 Å². The smallest absolute Gasteiger partial charge is 0.270 e. The molecule has 1 saturated heterocycles. The molecule has 0 spiro atoms. The Hall–Kier alpha value is -3.62. The van der Waals surface area contributed by atoms with Crippen LogP contribution in [0.4, 0.5) is 11.9 Å². The highest BCUT2D eigenvalue weighted by Crippen LogP contribution is 2.16. The van der Waals surface area contributed by atoms with E-state index < -0.39 is 0 Å². The van der Waals surface area contributed by atoms with E-state index in [1.54, 1.807) is 30.9 Å². The summed E-state index contributed by atoms with van der Waals surface area (Å²) in [6.45, 7) is 5.31. The number of hydrogen-bond acceptors (Lipinski definition) is 8. The van der Waals surface area contributed by atoms with Gasteiger partial charge < -0.3 is 15.1 Å². The van der Waals surface area contributed by atoms with Crippen LogP contribution < -0.4 is 15.1 Å². The molecular weight excluding hydrogens is 368 g/mol. The Balaban J connectivity index is 1.41. The van der Waals surface area contributed by atoms with Crippen LogP contribution in [0.3, 0.4) is 0 Å². The number of amides is 1. The largest absolute Gasteiger partial charge is 0.347 e. The molecule has 1 fully saturated rings. The minimum absolute atomic E-state index is 0.218. The maximum absolute atomic E-state index is 12.6. The zero-order valence-electron chi connectivity index (χ0n) is 16.2. The standard InChI is InChI=1S/C20H22N8O/c1-15-13-17(18(29)24-14-16-3-7-21-8-4-16)26-20(25-15)28-11-9-27(10-12-28)19-22-5-2-6-23-19/h2-8,13H,9-12,14H2,1H3,(H,24,29). The van der Waals surface area contributed by atoms with Gasteiger partial charge >= 0.3 is 0 Å². The topological polar surface area (TPSA) is 100 Å². The van der Waals surface area contributed by atoms with Crippen LogP contribution in [0, 0.1) is 6.92 Å². The molecule has 9 nitrogen and oxygen atoms in total. The van der Waals surface area contributed by atoms with E-state index in [-0.39, 0.29) is 5.91 Å². The van der Waals surface area contributed by atoms with Crippen molar-refractivity contribution in [1.29, 1.82) is 0 Å². The molecule has 0 atom stereocenters. The number of piperazine rings is 1. The van der Waals surface area contributed by atoms with E-state index in [0.29, 0.717) is 18.2 Å². The van der Waals surface area contributed by atoms with E-state index in [1.165, 1.54) is 0 Å². The van der Waals surface area contributed by atoms with Gasteiger partial charge in [-0.15, -0.1) is 0 Å². The van der Waals surface area contributed by atoms with Crippen LogP contribution >= 0.6 is 0 Å². The zero-order valence-corrected chi connectivity index (χ0v) is 16.2. The van der Waals surface area contributed by atoms with E-state index in [1.807, 2.05) is 25.1 Å². The van der Waals surface area contributed by atoms with Gasteiger partial charge in [-0.2, -0.15) is 0 Å². The SMILES string of the molecule is Cc1cc(C(=O)NCc2ccncc2)nc(N2CCN(c3ncccn3)CC2)n1. The molecule has 4 heterocycles. The fraction of sp³-hybridized carbons (Fsp3) is 0.300. The van der Waals surface area contributed by atoms with Gasteiger partial charge in [-0.05, 0) is 36.8 Å². The molecule has 1 N–H and O–H groups in total. The summed E-state index contributed by atoms with van der Waals surface area (Å²) in [4.78, 5) is 38.4. The summed E-state index contributed by atoms with van der Waals surface area (Å²) in [5.41, 5.74) is 2.12. The third kappa shape index (κ3) is 4.63. The predicted molar refractivity (Wildman–Crippen MR) is 109 cm³/mol. The van der Waals surface area contributed by atoms with Gasteiger partial charge in [0, 0.05) is 63.2 Å². The van der Waals surface area contributed by atoms with Crippen LogP contribution in [0.25, 0.3) is 0 Å². The fourth-order valence-electron chi connectivity index (χ4n) is 3.15. The van der Waals surface area contributed by atoms with Crippen molar-refractivity contribution in [1.82, 2.24) is 30.2 Å². The molecule has 0 bridgehead atoms. The molecule has 4 rings (SSSR count). The number of nitrogens with zero attached hydrogens (tertiary/aromatic N) is 7. The maximum Gasteiger partial charge on any atom is 0.270 e. The Morgan fingerprint density at radius 3 is 2.31 bits per heavy atom. The highest BCUT2D eigenvalue weighted by Gasteiger charge is 2.22. The lowest BCUT2D eigenvalue weighted by molar-refractivity contribution is 0.0945. The Bertz CT molecular complexity index is 959. The lowest BCUT2D eigenvalue weighted by Crippen LogP contribution is -2.47. The summed E-state index contributed by atoms with van der Waals surface area (Å²) in [6, 6.07) is 7.25. The number of carbonyl (C=O) groups is 1. The number of pyridine rings is 1. The van der Waals surface area contributed by atoms with E-state index in [2.05, 4.69) is 40.0 Å². The van der Waals surface area contributed by atoms with Crippen LogP contribution in [0.2, 0.25) is 0 Å². The first-order chi connectivity index (χ1) is 14.2. The van der Waals surface area contributed by atoms with E-state index in [0.717, 1.165) is 43.4 Å². The molecule has 0 aliphatic carbocycles. The van der Waals surface area contributed by atoms with Crippen LogP contribution in [-0.2, 0) is 6.54 Å². The number of nitrogens with one attached hydrogen (secondary N) is 1. The monoisotopic (exact) mass is 390 g/mol. The number of aryl methyl sites for hydroxylation is 1. The van der Waals surface area contributed by atoms with Crippen molar-refractivity contribution in [2.45, 2.75) is 13.5 Å². The number of anilines is 2. The summed E-state index contributed by atoms with van der Waals surface area (Å²) < 4.78 is 0. The minimum atomic E-state index is -0.218. The number of rotatable bonds is 5. The molecule has 9 heteroatoms. The third-order valence-electron chi connectivity index (χ3n) is 4.67. The summed E-state index contributed by atoms with van der Waals surface area (Å²) in [5.74, 6) is 1.09. The van der Waals surface area contributed by atoms with Gasteiger partial charge in [0.15, 0.2) is 0 Å². The molecule has 3 aromatic rings. The van der Waals surface area contributed by atoms with Crippen LogP contribution in [0.5, 0.6) is 0 Å². The number of hydrogen-bond donors (Lipinski definition) is 1. The molecule has 1 amide bonds. The van der Waals surface area contributed by atoms with Crippen LogP contribution in [-0.4, -0.2) is 57.0 Å². The molecule has 0 unspecified atom stereocenters. The van der Waals surface area contributed by atoms with Gasteiger partial charge in [0.1, 0.15) is 5.69 Å². The van der Waals surface area contributed by atoms with Crippen molar-refractivity contribution < 1.29 is 4.79 Å². The summed E-state index contributed by atoms with van der Waals surface area (Å²) in [7, 11) is 0. The van der Waals surface area contributed by atoms with E-state index in [9.17, 15) is 4.79 Å². The lowest BCUT2D eigenvalue weighted by atomic mass is 10.2. The normalized spacial score (nSPS) is 14.0. The minimum Gasteiger partial charge on any atom is -0.347 e. The Labute approximate surface area is 168 Å². The van der Waals surface area contributed by atoms with Crippen molar-refractivity contribution in [3.8, 4) is 0 Å². The van der Waals surface area contributed by atoms with Gasteiger partial charge in [0.05, 0.1) is 0 Å². The van der Waals surface area contributed by atoms with Crippen molar-refractivity contribution in [2.24, 2.45) is 0 Å². The Morgan fingerprint density at radius 1 is 0.966 bits per heavy atom. The zero-order chi connectivity index (χ0) is 20.1. The average Bonchev–Trinajstić information content (AvgIpc) is 2.78. The van der Waals surface area contributed by atoms with Crippen LogP contribution in [0.1, 0.15) is 21.7 Å². The van der Waals surface area contributed by atoms with Crippen molar-refractivity contribution in [2.75, 3.05) is 36.0 Å². The predicted octanol–water partition coefficient (Wildman–Crippen LogP) is 1.23. The van der Waals surface area contributed by atoms with Gasteiger partial charge in [-0.25, -0.2) is 19.9 Å². The fourth-order valence-corrected chi connectivity index (χ4v) is 3.15. The molecule has 0 aromatic carbocycles. The molecule has 29 heavy (non-hydrogen) atoms. The third-order valence-corrected chi connectivity index (χ3v) is 4.67. The lowest BCUT2D eigenvalue weighted by Gasteiger charge is -2.34. The van der Waals surface area contributed by atoms with Gasteiger partial charge in [-0.1, -0.05) is 0 Å². The first-order valence-corrected chi connectivity index (χ1v) is 9.49. The quantitative estimate of drug-likeness (QED) is 0.694. The number of aromatic nitrogens is 5. The molecular formula is C20H22N8O.